The van der Waals surface area contributed by atoms with Gasteiger partial charge in [-0.25, -0.2) is 0 Å². The second-order valence-corrected chi connectivity index (χ2v) is 12.5. The Balaban J connectivity index is 1.05. The number of piperazine rings is 1. The van der Waals surface area contributed by atoms with Crippen LogP contribution in [0.15, 0.2) is 97.1 Å². The Hall–Kier alpha value is -4.42. The zero-order valence-electron chi connectivity index (χ0n) is 25.0. The molecule has 2 N–H and O–H groups in total. The largest absolute Gasteiger partial charge is 0.508 e. The predicted octanol–water partition coefficient (Wildman–Crippen LogP) is 6.10. The van der Waals surface area contributed by atoms with E-state index in [1.807, 2.05) is 30.3 Å². The van der Waals surface area contributed by atoms with Gasteiger partial charge in [0, 0.05) is 50.7 Å². The number of fused-ring (bicyclic) bond motifs is 1. The monoisotopic (exact) mass is 585 g/mol. The average molecular weight is 586 g/mol. The number of amides is 2. The summed E-state index contributed by atoms with van der Waals surface area (Å²) in [6, 6.07) is 34.1. The smallest absolute Gasteiger partial charge is 0.234 e. The van der Waals surface area contributed by atoms with E-state index in [2.05, 4.69) is 81.8 Å². The van der Waals surface area contributed by atoms with Crippen molar-refractivity contribution in [2.45, 2.75) is 50.0 Å². The molecule has 2 heterocycles. The predicted molar refractivity (Wildman–Crippen MR) is 173 cm³/mol. The van der Waals surface area contributed by atoms with E-state index < -0.39 is 0 Å². The van der Waals surface area contributed by atoms with E-state index >= 15 is 0 Å². The van der Waals surface area contributed by atoms with Gasteiger partial charge >= 0.3 is 0 Å². The second kappa shape index (κ2) is 12.3. The Bertz CT molecular complexity index is 1640. The molecular weight excluding hydrogens is 546 g/mol. The number of nitrogens with one attached hydrogen (secondary N) is 1. The molecule has 2 aliphatic heterocycles. The van der Waals surface area contributed by atoms with Gasteiger partial charge in [-0.3, -0.25) is 19.8 Å². The number of nitrogens with zero attached hydrogens (tertiary/aromatic N) is 2. The van der Waals surface area contributed by atoms with E-state index in [0.29, 0.717) is 24.5 Å². The van der Waals surface area contributed by atoms with E-state index in [1.54, 1.807) is 0 Å². The Kier molecular flexibility index (Phi) is 7.92. The van der Waals surface area contributed by atoms with Gasteiger partial charge < -0.3 is 10.0 Å². The van der Waals surface area contributed by atoms with Crippen LogP contribution in [-0.4, -0.2) is 48.0 Å². The van der Waals surface area contributed by atoms with Gasteiger partial charge in [0.15, 0.2) is 0 Å². The highest BCUT2D eigenvalue weighted by atomic mass is 16.3. The van der Waals surface area contributed by atoms with Crippen LogP contribution in [0.5, 0.6) is 5.75 Å². The van der Waals surface area contributed by atoms with Crippen LogP contribution in [0.2, 0.25) is 0 Å². The number of benzene rings is 4. The van der Waals surface area contributed by atoms with Gasteiger partial charge in [0.25, 0.3) is 0 Å². The molecule has 6 nitrogen and oxygen atoms in total. The number of hydrogen-bond donors (Lipinski definition) is 2. The van der Waals surface area contributed by atoms with Crippen LogP contribution in [-0.2, 0) is 22.6 Å². The lowest BCUT2D eigenvalue weighted by molar-refractivity contribution is -0.134. The van der Waals surface area contributed by atoms with Crippen LogP contribution < -0.4 is 10.2 Å². The zero-order valence-corrected chi connectivity index (χ0v) is 25.0. The number of aromatic hydroxyl groups is 1. The molecule has 2 fully saturated rings. The number of carbonyl (C=O) groups excluding carboxylic acids is 2. The van der Waals surface area contributed by atoms with Gasteiger partial charge in [0.2, 0.25) is 11.8 Å². The quantitative estimate of drug-likeness (QED) is 0.268. The van der Waals surface area contributed by atoms with Gasteiger partial charge in [-0.05, 0) is 82.8 Å². The molecule has 2 amide bonds. The molecule has 44 heavy (non-hydrogen) atoms. The first kappa shape index (κ1) is 28.4. The Morgan fingerprint density at radius 1 is 0.727 bits per heavy atom. The summed E-state index contributed by atoms with van der Waals surface area (Å²) in [6.07, 6.45) is 3.00. The standard InChI is InChI=1S/C38H39N3O3/c42-31-15-17-34-28(24-31)12-16-33(26-6-2-1-3-7-26)37(34)27-10-13-30(14-11-27)41-22-20-40(21-23-41)25-29-8-4-5-9-32(29)35-18-19-36(43)39-38(35)44/h1-11,13-15,17,24,33,35,37,42H,12,16,18-23,25H2,(H,39,43,44)/t33-,35?,37+/m0/s1. The first-order chi connectivity index (χ1) is 21.5. The Morgan fingerprint density at radius 3 is 2.25 bits per heavy atom. The summed E-state index contributed by atoms with van der Waals surface area (Å²) < 4.78 is 0. The fraction of sp³-hybridized carbons (Fsp3) is 0.316. The number of imide groups is 1. The number of phenolic OH excluding ortho intramolecular Hbond substituents is 1. The molecule has 0 aromatic heterocycles. The number of aryl methyl sites for hydroxylation is 1. The third-order valence-electron chi connectivity index (χ3n) is 9.87. The highest BCUT2D eigenvalue weighted by Crippen LogP contribution is 2.47. The lowest BCUT2D eigenvalue weighted by Gasteiger charge is -2.37. The molecular formula is C38H39N3O3. The summed E-state index contributed by atoms with van der Waals surface area (Å²) in [6.45, 7) is 4.58. The fourth-order valence-corrected chi connectivity index (χ4v) is 7.58. The molecule has 0 spiro atoms. The van der Waals surface area contributed by atoms with Gasteiger partial charge in [0.1, 0.15) is 5.75 Å². The SMILES string of the molecule is O=C1CCC(c2ccccc2CN2CCN(c3ccc([C@H]4c5ccc(O)cc5CC[C@H]4c4ccccc4)cc3)CC2)C(=O)N1. The van der Waals surface area contributed by atoms with Gasteiger partial charge in [-0.15, -0.1) is 0 Å². The lowest BCUT2D eigenvalue weighted by atomic mass is 9.69. The van der Waals surface area contributed by atoms with Crippen molar-refractivity contribution in [2.24, 2.45) is 0 Å². The van der Waals surface area contributed by atoms with Crippen LogP contribution in [0.4, 0.5) is 5.69 Å². The minimum absolute atomic E-state index is 0.173. The molecule has 2 saturated heterocycles. The molecule has 0 radical (unpaired) electrons. The van der Waals surface area contributed by atoms with Gasteiger partial charge in [0.05, 0.1) is 5.92 Å². The normalized spacial score (nSPS) is 22.4. The average Bonchev–Trinajstić information content (AvgIpc) is 3.05. The molecule has 0 saturated carbocycles. The summed E-state index contributed by atoms with van der Waals surface area (Å²) in [7, 11) is 0. The zero-order chi connectivity index (χ0) is 30.0. The van der Waals surface area contributed by atoms with Crippen molar-refractivity contribution >= 4 is 17.5 Å². The second-order valence-electron chi connectivity index (χ2n) is 12.5. The minimum atomic E-state index is -0.257. The van der Waals surface area contributed by atoms with Crippen molar-refractivity contribution in [1.82, 2.24) is 10.2 Å². The highest BCUT2D eigenvalue weighted by molar-refractivity contribution is 6.01. The van der Waals surface area contributed by atoms with Gasteiger partial charge in [-0.2, -0.15) is 0 Å². The summed E-state index contributed by atoms with van der Waals surface area (Å²) in [4.78, 5) is 29.2. The summed E-state index contributed by atoms with van der Waals surface area (Å²) in [5, 5.41) is 12.7. The Labute approximate surface area is 259 Å². The molecule has 4 aromatic rings. The van der Waals surface area contributed by atoms with Crippen LogP contribution in [0.25, 0.3) is 0 Å². The molecule has 7 rings (SSSR count). The summed E-state index contributed by atoms with van der Waals surface area (Å²) >= 11 is 0. The first-order valence-electron chi connectivity index (χ1n) is 15.9. The molecule has 0 bridgehead atoms. The number of rotatable bonds is 6. The third-order valence-corrected chi connectivity index (χ3v) is 9.87. The molecule has 1 aliphatic carbocycles. The summed E-state index contributed by atoms with van der Waals surface area (Å²) in [5.41, 5.74) is 8.73. The number of anilines is 1. The maximum atomic E-state index is 12.6. The molecule has 1 unspecified atom stereocenters. The highest BCUT2D eigenvalue weighted by Gasteiger charge is 2.33. The molecule has 3 aliphatic rings. The third kappa shape index (κ3) is 5.74. The topological polar surface area (TPSA) is 72.9 Å². The van der Waals surface area contributed by atoms with Crippen LogP contribution in [0, 0.1) is 0 Å². The van der Waals surface area contributed by atoms with Gasteiger partial charge in [-0.1, -0.05) is 72.8 Å². The van der Waals surface area contributed by atoms with Crippen LogP contribution >= 0.6 is 0 Å². The van der Waals surface area contributed by atoms with Crippen molar-refractivity contribution in [3.8, 4) is 5.75 Å². The van der Waals surface area contributed by atoms with E-state index in [9.17, 15) is 14.7 Å². The molecule has 224 valence electrons. The fourth-order valence-electron chi connectivity index (χ4n) is 7.58. The number of phenols is 1. The molecule has 4 aromatic carbocycles. The Morgan fingerprint density at radius 2 is 1.48 bits per heavy atom. The number of hydrogen-bond acceptors (Lipinski definition) is 5. The molecule has 3 atom stereocenters. The first-order valence-corrected chi connectivity index (χ1v) is 15.9. The maximum Gasteiger partial charge on any atom is 0.234 e. The number of piperidine rings is 1. The van der Waals surface area contributed by atoms with Crippen molar-refractivity contribution in [1.29, 1.82) is 0 Å². The van der Waals surface area contributed by atoms with Crippen molar-refractivity contribution < 1.29 is 14.7 Å². The summed E-state index contributed by atoms with van der Waals surface area (Å²) in [5.74, 6) is 0.379. The van der Waals surface area contributed by atoms with Crippen LogP contribution in [0.3, 0.4) is 0 Å². The van der Waals surface area contributed by atoms with E-state index in [4.69, 9.17) is 0 Å². The van der Waals surface area contributed by atoms with E-state index in [1.165, 1.54) is 33.5 Å². The van der Waals surface area contributed by atoms with Crippen LogP contribution in [0.1, 0.15) is 70.4 Å². The molecule has 6 heteroatoms. The van der Waals surface area contributed by atoms with E-state index in [0.717, 1.165) is 51.1 Å². The van der Waals surface area contributed by atoms with Crippen molar-refractivity contribution in [2.75, 3.05) is 31.1 Å². The van der Waals surface area contributed by atoms with Crippen molar-refractivity contribution in [3.05, 3.63) is 130 Å². The van der Waals surface area contributed by atoms with Crippen molar-refractivity contribution in [3.63, 3.8) is 0 Å². The lowest BCUT2D eigenvalue weighted by Crippen LogP contribution is -2.46. The minimum Gasteiger partial charge on any atom is -0.508 e. The number of carbonyl (C=O) groups is 2. The van der Waals surface area contributed by atoms with E-state index in [-0.39, 0.29) is 23.7 Å². The maximum absolute atomic E-state index is 12.6.